The molecule has 0 atom stereocenters. The van der Waals surface area contributed by atoms with Gasteiger partial charge in [-0.1, -0.05) is 49.0 Å². The lowest BCUT2D eigenvalue weighted by Gasteiger charge is -2.07. The maximum absolute atomic E-state index is 12.2. The van der Waals surface area contributed by atoms with E-state index in [1.165, 1.54) is 0 Å². The van der Waals surface area contributed by atoms with Crippen molar-refractivity contribution in [2.45, 2.75) is 6.54 Å². The Kier molecular flexibility index (Phi) is 3.44. The third-order valence-corrected chi connectivity index (χ3v) is 4.99. The second-order valence-corrected chi connectivity index (χ2v) is 6.57. The number of nitrogens with zero attached hydrogens (tertiary/aromatic N) is 2. The molecule has 130 valence electrons. The zero-order valence-electron chi connectivity index (χ0n) is 14.6. The van der Waals surface area contributed by atoms with Gasteiger partial charge in [0.2, 0.25) is 6.33 Å². The Balaban J connectivity index is 1.80. The van der Waals surface area contributed by atoms with Crippen LogP contribution < -0.4 is 10.2 Å². The highest BCUT2D eigenvalue weighted by Crippen LogP contribution is 2.27. The van der Waals surface area contributed by atoms with Crippen LogP contribution >= 0.6 is 0 Å². The van der Waals surface area contributed by atoms with Gasteiger partial charge in [-0.15, -0.1) is 0 Å². The fraction of sp³-hybridized carbons (Fsp3) is 0.0435. The minimum Gasteiger partial charge on any atom is -0.423 e. The van der Waals surface area contributed by atoms with Crippen molar-refractivity contribution in [2.24, 2.45) is 0 Å². The second-order valence-electron chi connectivity index (χ2n) is 6.57. The number of benzene rings is 3. The minimum atomic E-state index is -0.333. The van der Waals surface area contributed by atoms with Crippen LogP contribution in [0.2, 0.25) is 0 Å². The third kappa shape index (κ3) is 2.46. The van der Waals surface area contributed by atoms with Crippen LogP contribution in [0, 0.1) is 0 Å². The van der Waals surface area contributed by atoms with Crippen molar-refractivity contribution in [2.75, 3.05) is 0 Å². The van der Waals surface area contributed by atoms with Crippen LogP contribution in [-0.2, 0) is 6.54 Å². The Morgan fingerprint density at radius 3 is 2.74 bits per heavy atom. The van der Waals surface area contributed by atoms with Crippen LogP contribution in [-0.4, -0.2) is 4.57 Å². The van der Waals surface area contributed by atoms with E-state index in [0.29, 0.717) is 12.1 Å². The fourth-order valence-electron chi connectivity index (χ4n) is 3.80. The predicted molar refractivity (Wildman–Crippen MR) is 108 cm³/mol. The minimum absolute atomic E-state index is 0.333. The van der Waals surface area contributed by atoms with E-state index in [1.807, 2.05) is 47.3 Å². The highest BCUT2D eigenvalue weighted by atomic mass is 16.4. The summed E-state index contributed by atoms with van der Waals surface area (Å²) in [6, 6.07) is 21.8. The van der Waals surface area contributed by atoms with Gasteiger partial charge in [0.1, 0.15) is 12.1 Å². The Morgan fingerprint density at radius 1 is 1.04 bits per heavy atom. The summed E-state index contributed by atoms with van der Waals surface area (Å²) in [5.41, 5.74) is 3.38. The Morgan fingerprint density at radius 2 is 1.85 bits per heavy atom. The number of rotatable bonds is 3. The first-order chi connectivity index (χ1) is 13.2. The first-order valence-corrected chi connectivity index (χ1v) is 8.80. The number of para-hydroxylation sites is 2. The molecule has 0 amide bonds. The van der Waals surface area contributed by atoms with Crippen molar-refractivity contribution in [1.82, 2.24) is 4.57 Å². The molecule has 0 spiro atoms. The molecule has 0 radical (unpaired) electrons. The number of fused-ring (bicyclic) bond motifs is 4. The van der Waals surface area contributed by atoms with Crippen molar-refractivity contribution < 1.29 is 8.98 Å². The molecule has 0 saturated carbocycles. The smallest absolute Gasteiger partial charge is 0.336 e. The predicted octanol–water partition coefficient (Wildman–Crippen LogP) is 4.34. The summed E-state index contributed by atoms with van der Waals surface area (Å²) in [6.45, 7) is 4.46. The van der Waals surface area contributed by atoms with E-state index < -0.39 is 0 Å². The lowest BCUT2D eigenvalue weighted by Crippen LogP contribution is -2.33. The van der Waals surface area contributed by atoms with Gasteiger partial charge >= 0.3 is 5.63 Å². The number of imidazole rings is 1. The first-order valence-electron chi connectivity index (χ1n) is 8.80. The molecule has 0 unspecified atom stereocenters. The van der Waals surface area contributed by atoms with Crippen molar-refractivity contribution >= 4 is 39.0 Å². The molecule has 5 aromatic rings. The topological polar surface area (TPSA) is 39.0 Å². The van der Waals surface area contributed by atoms with Crippen LogP contribution in [0.4, 0.5) is 0 Å². The van der Waals surface area contributed by atoms with Gasteiger partial charge < -0.3 is 4.42 Å². The lowest BCUT2D eigenvalue weighted by atomic mass is 10.0. The summed E-state index contributed by atoms with van der Waals surface area (Å²) < 4.78 is 9.59. The van der Waals surface area contributed by atoms with E-state index in [0.717, 1.165) is 32.8 Å². The van der Waals surface area contributed by atoms with Gasteiger partial charge in [-0.3, -0.25) is 0 Å². The summed E-state index contributed by atoms with van der Waals surface area (Å²) in [5, 5.41) is 3.19. The van der Waals surface area contributed by atoms with E-state index in [2.05, 4.69) is 35.4 Å². The van der Waals surface area contributed by atoms with E-state index >= 15 is 0 Å². The molecule has 0 saturated heterocycles. The van der Waals surface area contributed by atoms with Crippen LogP contribution in [0.5, 0.6) is 0 Å². The van der Waals surface area contributed by atoms with E-state index in [4.69, 9.17) is 4.42 Å². The summed E-state index contributed by atoms with van der Waals surface area (Å²) in [6.07, 6.45) is 3.79. The molecule has 0 aliphatic carbocycles. The van der Waals surface area contributed by atoms with Crippen molar-refractivity contribution in [3.8, 4) is 0 Å². The van der Waals surface area contributed by atoms with Gasteiger partial charge in [0.25, 0.3) is 0 Å². The van der Waals surface area contributed by atoms with E-state index in [-0.39, 0.29) is 5.63 Å². The van der Waals surface area contributed by atoms with Crippen LogP contribution in [0.15, 0.2) is 88.8 Å². The lowest BCUT2D eigenvalue weighted by molar-refractivity contribution is -0.662. The maximum atomic E-state index is 12.2. The molecule has 27 heavy (non-hydrogen) atoms. The van der Waals surface area contributed by atoms with Crippen LogP contribution in [0.3, 0.4) is 0 Å². The standard InChI is InChI=1S/C23H17N2O2/c1-2-24-15-25(20-10-6-5-9-19(20)24)14-17-13-22(26)27-21-12-11-16-7-3-4-8-18(16)23(17)21/h2-13,15H,1,14H2/q+1. The largest absolute Gasteiger partial charge is 0.423 e. The molecule has 4 nitrogen and oxygen atoms in total. The van der Waals surface area contributed by atoms with E-state index in [9.17, 15) is 4.79 Å². The molecular formula is C23H17N2O2+. The summed E-state index contributed by atoms with van der Waals surface area (Å²) in [4.78, 5) is 12.2. The molecule has 2 heterocycles. The van der Waals surface area contributed by atoms with Crippen LogP contribution in [0.25, 0.3) is 39.0 Å². The summed E-state index contributed by atoms with van der Waals surface area (Å²) >= 11 is 0. The summed E-state index contributed by atoms with van der Waals surface area (Å²) in [7, 11) is 0. The SMILES string of the molecule is C=Cn1c[n+](Cc2cc(=O)oc3ccc4ccccc4c23)c2ccccc21. The number of aromatic nitrogens is 2. The maximum Gasteiger partial charge on any atom is 0.336 e. The number of hydrogen-bond donors (Lipinski definition) is 0. The van der Waals surface area contributed by atoms with Crippen LogP contribution in [0.1, 0.15) is 5.56 Å². The normalized spacial score (nSPS) is 11.4. The Labute approximate surface area is 155 Å². The van der Waals surface area contributed by atoms with Gasteiger partial charge in [-0.05, 0) is 29.0 Å². The van der Waals surface area contributed by atoms with E-state index in [1.54, 1.807) is 12.3 Å². The monoisotopic (exact) mass is 353 g/mol. The fourth-order valence-corrected chi connectivity index (χ4v) is 3.80. The molecule has 5 rings (SSSR count). The molecule has 4 heteroatoms. The first kappa shape index (κ1) is 15.6. The molecule has 0 N–H and O–H groups in total. The highest BCUT2D eigenvalue weighted by molar-refractivity contribution is 6.07. The number of hydrogen-bond acceptors (Lipinski definition) is 2. The van der Waals surface area contributed by atoms with Crippen molar-refractivity contribution in [3.63, 3.8) is 0 Å². The quantitative estimate of drug-likeness (QED) is 0.275. The molecule has 0 aliphatic heterocycles. The van der Waals surface area contributed by atoms with Crippen molar-refractivity contribution in [3.05, 3.63) is 95.6 Å². The Hall–Kier alpha value is -3.66. The highest BCUT2D eigenvalue weighted by Gasteiger charge is 2.17. The second kappa shape index (κ2) is 5.95. The molecule has 0 bridgehead atoms. The van der Waals surface area contributed by atoms with Gasteiger partial charge in [0.15, 0.2) is 11.0 Å². The van der Waals surface area contributed by atoms with Gasteiger partial charge in [-0.25, -0.2) is 13.9 Å². The van der Waals surface area contributed by atoms with Crippen molar-refractivity contribution in [1.29, 1.82) is 0 Å². The van der Waals surface area contributed by atoms with Gasteiger partial charge in [-0.2, -0.15) is 0 Å². The summed E-state index contributed by atoms with van der Waals surface area (Å²) in [5.74, 6) is 0. The molecular weight excluding hydrogens is 336 g/mol. The average Bonchev–Trinajstić information content (AvgIpc) is 3.05. The molecule has 3 aromatic carbocycles. The molecule has 2 aromatic heterocycles. The average molecular weight is 353 g/mol. The zero-order chi connectivity index (χ0) is 18.4. The van der Waals surface area contributed by atoms with Gasteiger partial charge in [0, 0.05) is 17.0 Å². The van der Waals surface area contributed by atoms with Gasteiger partial charge in [0.05, 0.1) is 6.20 Å². The molecule has 0 aliphatic rings. The third-order valence-electron chi connectivity index (χ3n) is 4.99. The Bertz CT molecular complexity index is 1390. The zero-order valence-corrected chi connectivity index (χ0v) is 14.6. The molecule has 0 fully saturated rings.